The van der Waals surface area contributed by atoms with E-state index in [0.717, 1.165) is 57.8 Å². The molecule has 0 aliphatic rings. The summed E-state index contributed by atoms with van der Waals surface area (Å²) in [5.41, 5.74) is 16.5. The lowest BCUT2D eigenvalue weighted by Crippen LogP contribution is -2.21. The molecular weight excluding hydrogens is 562 g/mol. The average Bonchev–Trinajstić information content (AvgIpc) is 2.85. The van der Waals surface area contributed by atoms with Crippen molar-refractivity contribution in [3.8, 4) is 5.75 Å². The SMILES string of the molecule is Cc1cc(CNCCCN)c(OCCCCCCCCc2ccccc2)c(CNCCCN)c1.Cl.Cl.Cl.Cl. The maximum atomic E-state index is 6.39. The van der Waals surface area contributed by atoms with Gasteiger partial charge in [0.15, 0.2) is 0 Å². The van der Waals surface area contributed by atoms with Crippen molar-refractivity contribution in [1.29, 1.82) is 0 Å². The highest BCUT2D eigenvalue weighted by Gasteiger charge is 2.12. The number of benzene rings is 2. The molecule has 2 rings (SSSR count). The number of hydrogen-bond acceptors (Lipinski definition) is 5. The second-order valence-corrected chi connectivity index (χ2v) is 9.26. The first-order valence-corrected chi connectivity index (χ1v) is 13.3. The standard InChI is InChI=1S/C29H48N4O.4ClH/c1-25-21-27(23-32-18-11-16-30)29(28(22-25)24-33-19-12-17-31)34-20-10-5-3-2-4-7-13-26-14-8-6-9-15-26;;;;/h6,8-9,14-15,21-22,32-33H,2-5,7,10-13,16-20,23-24,30-31H2,1H3;4*1H. The van der Waals surface area contributed by atoms with Gasteiger partial charge in [0, 0.05) is 24.2 Å². The van der Waals surface area contributed by atoms with Crippen LogP contribution >= 0.6 is 49.6 Å². The van der Waals surface area contributed by atoms with E-state index in [1.165, 1.54) is 60.8 Å². The molecule has 0 unspecified atom stereocenters. The molecule has 0 atom stereocenters. The molecule has 9 heteroatoms. The lowest BCUT2D eigenvalue weighted by atomic mass is 10.0. The third kappa shape index (κ3) is 18.5. The van der Waals surface area contributed by atoms with E-state index in [0.29, 0.717) is 13.1 Å². The van der Waals surface area contributed by atoms with Gasteiger partial charge in [-0.15, -0.1) is 49.6 Å². The average molecular weight is 615 g/mol. The first-order valence-electron chi connectivity index (χ1n) is 13.3. The Morgan fingerprint density at radius 3 is 1.68 bits per heavy atom. The molecule has 0 saturated carbocycles. The molecule has 6 N–H and O–H groups in total. The van der Waals surface area contributed by atoms with Gasteiger partial charge in [-0.25, -0.2) is 0 Å². The van der Waals surface area contributed by atoms with E-state index in [4.69, 9.17) is 16.2 Å². The monoisotopic (exact) mass is 612 g/mol. The molecule has 0 heterocycles. The smallest absolute Gasteiger partial charge is 0.128 e. The molecule has 38 heavy (non-hydrogen) atoms. The van der Waals surface area contributed by atoms with Crippen LogP contribution in [-0.4, -0.2) is 32.8 Å². The lowest BCUT2D eigenvalue weighted by Gasteiger charge is -2.18. The minimum absolute atomic E-state index is 0. The largest absolute Gasteiger partial charge is 0.493 e. The molecule has 2 aromatic rings. The Labute approximate surface area is 256 Å². The molecule has 0 spiro atoms. The topological polar surface area (TPSA) is 85.3 Å². The fraction of sp³-hybridized carbons (Fsp3) is 0.586. The number of ether oxygens (including phenoxy) is 1. The summed E-state index contributed by atoms with van der Waals surface area (Å²) in [7, 11) is 0. The van der Waals surface area contributed by atoms with Gasteiger partial charge in [0.1, 0.15) is 5.75 Å². The van der Waals surface area contributed by atoms with Crippen molar-refractivity contribution >= 4 is 49.6 Å². The first-order chi connectivity index (χ1) is 16.7. The number of nitrogens with two attached hydrogens (primary N) is 2. The van der Waals surface area contributed by atoms with Crippen LogP contribution in [0.2, 0.25) is 0 Å². The van der Waals surface area contributed by atoms with E-state index in [-0.39, 0.29) is 49.6 Å². The van der Waals surface area contributed by atoms with E-state index >= 15 is 0 Å². The quantitative estimate of drug-likeness (QED) is 0.128. The molecular formula is C29H52Cl4N4O. The summed E-state index contributed by atoms with van der Waals surface area (Å²) < 4.78 is 6.39. The van der Waals surface area contributed by atoms with Gasteiger partial charge < -0.3 is 26.8 Å². The van der Waals surface area contributed by atoms with Gasteiger partial charge in [0.25, 0.3) is 0 Å². The Morgan fingerprint density at radius 2 is 1.16 bits per heavy atom. The molecule has 2 aromatic carbocycles. The van der Waals surface area contributed by atoms with Gasteiger partial charge >= 0.3 is 0 Å². The van der Waals surface area contributed by atoms with Crippen molar-refractivity contribution in [2.45, 2.75) is 77.8 Å². The summed E-state index contributed by atoms with van der Waals surface area (Å²) in [5.74, 6) is 1.05. The van der Waals surface area contributed by atoms with Crippen LogP contribution in [-0.2, 0) is 19.5 Å². The number of unbranched alkanes of at least 4 members (excludes halogenated alkanes) is 5. The van der Waals surface area contributed by atoms with Crippen molar-refractivity contribution in [2.24, 2.45) is 11.5 Å². The van der Waals surface area contributed by atoms with E-state index in [2.05, 4.69) is 60.0 Å². The van der Waals surface area contributed by atoms with Crippen LogP contribution in [0.5, 0.6) is 5.75 Å². The normalized spacial score (nSPS) is 9.97. The molecule has 0 bridgehead atoms. The van der Waals surface area contributed by atoms with Crippen molar-refractivity contribution in [2.75, 3.05) is 32.8 Å². The number of aryl methyl sites for hydroxylation is 2. The van der Waals surface area contributed by atoms with Crippen molar-refractivity contribution in [3.05, 3.63) is 64.7 Å². The summed E-state index contributed by atoms with van der Waals surface area (Å²) in [5, 5.41) is 7.04. The van der Waals surface area contributed by atoms with E-state index < -0.39 is 0 Å². The van der Waals surface area contributed by atoms with E-state index in [1.807, 2.05) is 0 Å². The summed E-state index contributed by atoms with van der Waals surface area (Å²) >= 11 is 0. The summed E-state index contributed by atoms with van der Waals surface area (Å²) in [4.78, 5) is 0. The fourth-order valence-electron chi connectivity index (χ4n) is 4.23. The number of rotatable bonds is 20. The number of halogens is 4. The van der Waals surface area contributed by atoms with Crippen LogP contribution in [0.4, 0.5) is 0 Å². The molecule has 0 aliphatic heterocycles. The van der Waals surface area contributed by atoms with Crippen LogP contribution in [0.1, 0.15) is 73.6 Å². The first kappa shape index (κ1) is 41.7. The van der Waals surface area contributed by atoms with Gasteiger partial charge in [-0.1, -0.05) is 73.7 Å². The molecule has 0 fully saturated rings. The lowest BCUT2D eigenvalue weighted by molar-refractivity contribution is 0.297. The fourth-order valence-corrected chi connectivity index (χ4v) is 4.23. The molecule has 0 aromatic heterocycles. The molecule has 0 saturated heterocycles. The molecule has 0 radical (unpaired) electrons. The molecule has 5 nitrogen and oxygen atoms in total. The minimum Gasteiger partial charge on any atom is -0.493 e. The highest BCUT2D eigenvalue weighted by molar-refractivity contribution is 5.86. The Bertz CT molecular complexity index is 751. The third-order valence-electron chi connectivity index (χ3n) is 6.08. The maximum absolute atomic E-state index is 6.39. The zero-order valence-corrected chi connectivity index (χ0v) is 26.3. The minimum atomic E-state index is 0. The third-order valence-corrected chi connectivity index (χ3v) is 6.08. The highest BCUT2D eigenvalue weighted by Crippen LogP contribution is 2.27. The predicted molar refractivity (Wildman–Crippen MR) is 174 cm³/mol. The highest BCUT2D eigenvalue weighted by atomic mass is 35.5. The number of hydrogen-bond donors (Lipinski definition) is 4. The summed E-state index contributed by atoms with van der Waals surface area (Å²) in [6.45, 7) is 7.85. The second-order valence-electron chi connectivity index (χ2n) is 9.26. The van der Waals surface area contributed by atoms with Gasteiger partial charge in [-0.3, -0.25) is 0 Å². The zero-order valence-electron chi connectivity index (χ0n) is 23.1. The van der Waals surface area contributed by atoms with Crippen molar-refractivity contribution < 1.29 is 4.74 Å². The Hall–Kier alpha value is -0.760. The van der Waals surface area contributed by atoms with E-state index in [1.54, 1.807) is 0 Å². The summed E-state index contributed by atoms with van der Waals surface area (Å²) in [6.07, 6.45) is 10.7. The predicted octanol–water partition coefficient (Wildman–Crippen LogP) is 6.52. The molecule has 222 valence electrons. The second kappa shape index (κ2) is 27.8. The van der Waals surface area contributed by atoms with Crippen molar-refractivity contribution in [1.82, 2.24) is 10.6 Å². The van der Waals surface area contributed by atoms with Gasteiger partial charge in [-0.2, -0.15) is 0 Å². The van der Waals surface area contributed by atoms with Crippen LogP contribution in [0.15, 0.2) is 42.5 Å². The zero-order chi connectivity index (χ0) is 24.3. The summed E-state index contributed by atoms with van der Waals surface area (Å²) in [6, 6.07) is 15.3. The Morgan fingerprint density at radius 1 is 0.658 bits per heavy atom. The van der Waals surface area contributed by atoms with Crippen molar-refractivity contribution in [3.63, 3.8) is 0 Å². The van der Waals surface area contributed by atoms with Gasteiger partial charge in [-0.05, 0) is 70.8 Å². The molecule has 0 amide bonds. The van der Waals surface area contributed by atoms with Crippen LogP contribution < -0.4 is 26.8 Å². The van der Waals surface area contributed by atoms with Crippen LogP contribution in [0, 0.1) is 6.92 Å². The van der Waals surface area contributed by atoms with Crippen LogP contribution in [0.3, 0.4) is 0 Å². The van der Waals surface area contributed by atoms with Gasteiger partial charge in [0.2, 0.25) is 0 Å². The van der Waals surface area contributed by atoms with Gasteiger partial charge in [0.05, 0.1) is 6.61 Å². The molecule has 0 aliphatic carbocycles. The Kier molecular flexibility index (Phi) is 30.5. The maximum Gasteiger partial charge on any atom is 0.128 e. The number of nitrogens with one attached hydrogen (secondary N) is 2. The Balaban J connectivity index is -0.00000306. The van der Waals surface area contributed by atoms with E-state index in [9.17, 15) is 0 Å². The van der Waals surface area contributed by atoms with Crippen LogP contribution in [0.25, 0.3) is 0 Å².